The smallest absolute Gasteiger partial charge is 0.341 e. The number of hydrogen-bond acceptors (Lipinski definition) is 4. The van der Waals surface area contributed by atoms with Gasteiger partial charge in [-0.25, -0.2) is 5.21 Å². The maximum absolute atomic E-state index is 11.3. The van der Waals surface area contributed by atoms with Crippen LogP contribution < -0.4 is 10.6 Å². The summed E-state index contributed by atoms with van der Waals surface area (Å²) in [5, 5.41) is 15.0. The van der Waals surface area contributed by atoms with Gasteiger partial charge in [-0.3, -0.25) is 4.79 Å². The van der Waals surface area contributed by atoms with E-state index < -0.39 is 0 Å². The summed E-state index contributed by atoms with van der Waals surface area (Å²) in [5.74, 6) is 0.250. The summed E-state index contributed by atoms with van der Waals surface area (Å²) < 4.78 is 5.30. The Labute approximate surface area is 122 Å². The molecule has 0 atom stereocenters. The third-order valence-corrected chi connectivity index (χ3v) is 3.45. The van der Waals surface area contributed by atoms with Gasteiger partial charge in [0.25, 0.3) is 4.92 Å². The molecule has 7 heteroatoms. The molecule has 1 heterocycles. The largest absolute Gasteiger partial charge is 0.381 e. The first-order chi connectivity index (χ1) is 10.1. The summed E-state index contributed by atoms with van der Waals surface area (Å²) in [6.07, 6.45) is 1.96. The van der Waals surface area contributed by atoms with Gasteiger partial charge in [-0.1, -0.05) is 0 Å². The molecule has 0 unspecified atom stereocenters. The van der Waals surface area contributed by atoms with E-state index in [9.17, 15) is 14.9 Å². The van der Waals surface area contributed by atoms with Gasteiger partial charge in [-0.2, -0.15) is 0 Å². The highest BCUT2D eigenvalue weighted by Gasteiger charge is 2.21. The normalized spacial score (nSPS) is 15.5. The Morgan fingerprint density at radius 3 is 2.76 bits per heavy atom. The minimum atomic E-state index is -0.237. The second-order valence-electron chi connectivity index (χ2n) is 5.12. The van der Waals surface area contributed by atoms with Crippen LogP contribution in [0.3, 0.4) is 0 Å². The Balaban J connectivity index is 2.06. The number of carbonyl (C=O) groups is 1. The van der Waals surface area contributed by atoms with Crippen LogP contribution in [-0.2, 0) is 9.53 Å². The van der Waals surface area contributed by atoms with Crippen molar-refractivity contribution in [3.63, 3.8) is 0 Å². The minimum absolute atomic E-state index is 0.0771. The molecule has 0 spiro atoms. The molecule has 3 N–H and O–H groups in total. The van der Waals surface area contributed by atoms with Crippen molar-refractivity contribution in [3.05, 3.63) is 23.1 Å². The van der Waals surface area contributed by atoms with Gasteiger partial charge in [0, 0.05) is 38.4 Å². The lowest BCUT2D eigenvalue weighted by molar-refractivity contribution is -0.729. The molecule has 1 amide bonds. The second-order valence-corrected chi connectivity index (χ2v) is 5.12. The number of hydrogen-bond donors (Lipinski definition) is 3. The summed E-state index contributed by atoms with van der Waals surface area (Å²) in [5.41, 5.74) is 1.07. The Hall–Kier alpha value is -2.15. The molecule has 1 aliphatic rings. The van der Waals surface area contributed by atoms with Crippen molar-refractivity contribution in [3.8, 4) is 0 Å². The van der Waals surface area contributed by atoms with Crippen molar-refractivity contribution < 1.29 is 19.7 Å². The quantitative estimate of drug-likeness (QED) is 0.725. The zero-order chi connectivity index (χ0) is 15.2. The number of anilines is 2. The Kier molecular flexibility index (Phi) is 5.10. The molecule has 0 radical (unpaired) electrons. The molecular weight excluding hydrogens is 274 g/mol. The van der Waals surface area contributed by atoms with E-state index in [1.54, 1.807) is 12.1 Å². The molecule has 0 aromatic heterocycles. The summed E-state index contributed by atoms with van der Waals surface area (Å²) in [7, 11) is 0. The molecule has 114 valence electrons. The highest BCUT2D eigenvalue weighted by atomic mass is 16.6. The van der Waals surface area contributed by atoms with Gasteiger partial charge < -0.3 is 15.4 Å². The summed E-state index contributed by atoms with van der Waals surface area (Å²) in [6.45, 7) is 3.61. The summed E-state index contributed by atoms with van der Waals surface area (Å²) in [6, 6.07) is 4.78. The predicted molar refractivity (Wildman–Crippen MR) is 77.9 cm³/mol. The molecule has 1 aliphatic heterocycles. The fourth-order valence-electron chi connectivity index (χ4n) is 2.33. The van der Waals surface area contributed by atoms with Crippen molar-refractivity contribution in [1.29, 1.82) is 0 Å². The van der Waals surface area contributed by atoms with Crippen LogP contribution in [0, 0.1) is 10.8 Å². The molecular formula is C14H20N3O4+. The lowest BCUT2D eigenvalue weighted by Crippen LogP contribution is -2.23. The van der Waals surface area contributed by atoms with Crippen LogP contribution in [0.25, 0.3) is 0 Å². The number of nitrogens with one attached hydrogen (secondary N) is 2. The van der Waals surface area contributed by atoms with Crippen LogP contribution in [0.15, 0.2) is 18.2 Å². The molecule has 21 heavy (non-hydrogen) atoms. The first-order valence-corrected chi connectivity index (χ1v) is 6.95. The van der Waals surface area contributed by atoms with Crippen LogP contribution in [0.1, 0.15) is 19.8 Å². The van der Waals surface area contributed by atoms with E-state index in [0.717, 1.165) is 26.1 Å². The molecule has 7 nitrogen and oxygen atoms in total. The van der Waals surface area contributed by atoms with E-state index in [-0.39, 0.29) is 16.5 Å². The summed E-state index contributed by atoms with van der Waals surface area (Å²) in [4.78, 5) is 22.1. The monoisotopic (exact) mass is 294 g/mol. The Morgan fingerprint density at radius 1 is 1.43 bits per heavy atom. The topological polar surface area (TPSA) is 90.7 Å². The maximum atomic E-state index is 11.3. The first-order valence-electron chi connectivity index (χ1n) is 6.95. The third kappa shape index (κ3) is 4.42. The predicted octanol–water partition coefficient (Wildman–Crippen LogP) is 2.28. The molecule has 1 saturated heterocycles. The lowest BCUT2D eigenvalue weighted by atomic mass is 10.0. The van der Waals surface area contributed by atoms with Gasteiger partial charge in [0.1, 0.15) is 5.69 Å². The Bertz CT molecular complexity index is 527. The number of benzene rings is 1. The van der Waals surface area contributed by atoms with Gasteiger partial charge in [0.05, 0.1) is 4.91 Å². The van der Waals surface area contributed by atoms with Crippen LogP contribution in [0.4, 0.5) is 17.1 Å². The van der Waals surface area contributed by atoms with E-state index in [2.05, 4.69) is 10.6 Å². The van der Waals surface area contributed by atoms with Crippen LogP contribution in [0.2, 0.25) is 0 Å². The fraction of sp³-hybridized carbons (Fsp3) is 0.500. The van der Waals surface area contributed by atoms with E-state index in [4.69, 9.17) is 4.74 Å². The average molecular weight is 294 g/mol. The molecule has 0 saturated carbocycles. The molecule has 1 fully saturated rings. The number of amides is 1. The molecule has 1 aromatic rings. The number of ether oxygens (including phenoxy) is 1. The van der Waals surface area contributed by atoms with E-state index in [0.29, 0.717) is 23.8 Å². The highest BCUT2D eigenvalue weighted by molar-refractivity contribution is 5.89. The molecule has 1 aromatic carbocycles. The van der Waals surface area contributed by atoms with Gasteiger partial charge in [0.15, 0.2) is 0 Å². The zero-order valence-electron chi connectivity index (χ0n) is 12.0. The highest BCUT2D eigenvalue weighted by Crippen LogP contribution is 2.28. The van der Waals surface area contributed by atoms with Crippen molar-refractivity contribution in [2.45, 2.75) is 19.8 Å². The molecule has 0 bridgehead atoms. The van der Waals surface area contributed by atoms with Gasteiger partial charge in [-0.15, -0.1) is 0 Å². The van der Waals surface area contributed by atoms with Crippen molar-refractivity contribution in [2.24, 2.45) is 5.92 Å². The van der Waals surface area contributed by atoms with Crippen LogP contribution in [-0.4, -0.2) is 35.8 Å². The fourth-order valence-corrected chi connectivity index (χ4v) is 2.33. The zero-order valence-corrected chi connectivity index (χ0v) is 12.0. The van der Waals surface area contributed by atoms with E-state index >= 15 is 0 Å². The van der Waals surface area contributed by atoms with Gasteiger partial charge in [0.2, 0.25) is 5.91 Å². The number of nitrogens with zero attached hydrogens (tertiary/aromatic N) is 1. The average Bonchev–Trinajstić information content (AvgIpc) is 2.46. The van der Waals surface area contributed by atoms with Crippen molar-refractivity contribution in [2.75, 3.05) is 30.4 Å². The number of rotatable bonds is 5. The van der Waals surface area contributed by atoms with Crippen molar-refractivity contribution >= 4 is 23.0 Å². The first kappa shape index (κ1) is 15.2. The van der Waals surface area contributed by atoms with Gasteiger partial charge >= 0.3 is 5.69 Å². The van der Waals surface area contributed by atoms with E-state index in [1.807, 2.05) is 0 Å². The van der Waals surface area contributed by atoms with Crippen molar-refractivity contribution in [1.82, 2.24) is 0 Å². The van der Waals surface area contributed by atoms with Crippen LogP contribution in [0.5, 0.6) is 0 Å². The second kappa shape index (κ2) is 7.03. The number of carbonyl (C=O) groups excluding carboxylic acids is 1. The van der Waals surface area contributed by atoms with E-state index in [1.165, 1.54) is 13.0 Å². The van der Waals surface area contributed by atoms with Crippen LogP contribution >= 0.6 is 0 Å². The van der Waals surface area contributed by atoms with Gasteiger partial charge in [-0.05, 0) is 30.9 Å². The Morgan fingerprint density at radius 2 is 2.14 bits per heavy atom. The molecule has 0 aliphatic carbocycles. The minimum Gasteiger partial charge on any atom is -0.381 e. The standard InChI is InChI=1S/C14H19N3O4/c1-10(18)16-12-2-3-13(14(8-12)17(19)20)15-9-11-4-6-21-7-5-11/h2-3,8,11,15H,4-7,9H2,1H3,(H-,16,18,19,20)/p+1. The lowest BCUT2D eigenvalue weighted by Gasteiger charge is -2.22. The summed E-state index contributed by atoms with van der Waals surface area (Å²) >= 11 is 0. The third-order valence-electron chi connectivity index (χ3n) is 3.45. The maximum Gasteiger partial charge on any atom is 0.341 e. The SMILES string of the molecule is CC(=O)Nc1ccc(NCC2CCOCC2)c([N+](=O)O)c1. The molecule has 2 rings (SSSR count).